The van der Waals surface area contributed by atoms with E-state index in [2.05, 4.69) is 63.3 Å². The summed E-state index contributed by atoms with van der Waals surface area (Å²) in [6, 6.07) is 10.6. The van der Waals surface area contributed by atoms with Crippen molar-refractivity contribution >= 4 is 29.5 Å². The maximum absolute atomic E-state index is 4.93. The number of nitrogens with zero attached hydrogens (tertiary/aromatic N) is 6. The summed E-state index contributed by atoms with van der Waals surface area (Å²) in [6.45, 7) is 10.6. The number of aromatic nitrogens is 2. The van der Waals surface area contributed by atoms with E-state index >= 15 is 0 Å². The van der Waals surface area contributed by atoms with E-state index in [1.54, 1.807) is 0 Å². The average Bonchev–Trinajstić information content (AvgIpc) is 2.86. The predicted molar refractivity (Wildman–Crippen MR) is 135 cm³/mol. The zero-order valence-electron chi connectivity index (χ0n) is 19.6. The first-order chi connectivity index (χ1) is 15.8. The maximum Gasteiger partial charge on any atom is 0.229 e. The van der Waals surface area contributed by atoms with E-state index in [1.807, 2.05) is 12.3 Å². The number of rotatable bonds is 8. The molecule has 172 valence electrons. The molecule has 0 spiro atoms. The second-order valence-corrected chi connectivity index (χ2v) is 8.64. The fourth-order valence-corrected chi connectivity index (χ4v) is 4.53. The van der Waals surface area contributed by atoms with Gasteiger partial charge >= 0.3 is 0 Å². The van der Waals surface area contributed by atoms with Gasteiger partial charge < -0.3 is 14.7 Å². The van der Waals surface area contributed by atoms with Crippen molar-refractivity contribution in [3.63, 3.8) is 0 Å². The van der Waals surface area contributed by atoms with Crippen molar-refractivity contribution < 1.29 is 0 Å². The van der Waals surface area contributed by atoms with E-state index in [4.69, 9.17) is 9.97 Å². The summed E-state index contributed by atoms with van der Waals surface area (Å²) in [5.74, 6) is 2.60. The summed E-state index contributed by atoms with van der Waals surface area (Å²) in [7, 11) is 0. The molecule has 2 aliphatic rings. The summed E-state index contributed by atoms with van der Waals surface area (Å²) in [6.07, 6.45) is 9.34. The Labute approximate surface area is 192 Å². The van der Waals surface area contributed by atoms with Gasteiger partial charge in [-0.05, 0) is 70.1 Å². The van der Waals surface area contributed by atoms with E-state index in [0.29, 0.717) is 0 Å². The molecule has 0 aliphatic carbocycles. The monoisotopic (exact) mass is 435 g/mol. The van der Waals surface area contributed by atoms with Gasteiger partial charge in [-0.25, -0.2) is 0 Å². The number of piperidine rings is 2. The van der Waals surface area contributed by atoms with Crippen molar-refractivity contribution in [2.24, 2.45) is 5.10 Å². The van der Waals surface area contributed by atoms with Crippen LogP contribution in [0.4, 0.5) is 23.3 Å². The zero-order valence-corrected chi connectivity index (χ0v) is 19.6. The lowest BCUT2D eigenvalue weighted by molar-refractivity contribution is 0.561. The Morgan fingerprint density at radius 1 is 0.875 bits per heavy atom. The summed E-state index contributed by atoms with van der Waals surface area (Å²) >= 11 is 0. The normalized spacial score (nSPS) is 17.1. The number of hydrogen-bond acceptors (Lipinski definition) is 7. The molecule has 2 fully saturated rings. The number of hydrazone groups is 1. The highest BCUT2D eigenvalue weighted by atomic mass is 15.4. The van der Waals surface area contributed by atoms with Crippen molar-refractivity contribution in [2.45, 2.75) is 52.4 Å². The molecular weight excluding hydrogens is 398 g/mol. The Balaban J connectivity index is 1.49. The molecular formula is C25H37N7. The van der Waals surface area contributed by atoms with Gasteiger partial charge in [0, 0.05) is 51.0 Å². The zero-order chi connectivity index (χ0) is 22.2. The molecule has 0 amide bonds. The van der Waals surface area contributed by atoms with Gasteiger partial charge in [0.25, 0.3) is 0 Å². The molecule has 2 aromatic rings. The lowest BCUT2D eigenvalue weighted by Crippen LogP contribution is -2.33. The smallest absolute Gasteiger partial charge is 0.229 e. The van der Waals surface area contributed by atoms with Crippen molar-refractivity contribution in [3.05, 3.63) is 35.9 Å². The first-order valence-electron chi connectivity index (χ1n) is 12.3. The first kappa shape index (κ1) is 22.4. The molecule has 0 saturated carbocycles. The minimum Gasteiger partial charge on any atom is -0.372 e. The van der Waals surface area contributed by atoms with Crippen LogP contribution in [0, 0.1) is 0 Å². The Bertz CT molecular complexity index is 828. The van der Waals surface area contributed by atoms with Crippen LogP contribution in [0.5, 0.6) is 0 Å². The number of nitrogens with one attached hydrogen (secondary N) is 1. The largest absolute Gasteiger partial charge is 0.372 e. The van der Waals surface area contributed by atoms with Crippen LogP contribution in [-0.2, 0) is 0 Å². The molecule has 1 N–H and O–H groups in total. The molecule has 0 bridgehead atoms. The Hall–Kier alpha value is -2.83. The number of hydrogen-bond donors (Lipinski definition) is 1. The number of benzene rings is 1. The molecule has 0 atom stereocenters. The van der Waals surface area contributed by atoms with Crippen molar-refractivity contribution in [1.29, 1.82) is 0 Å². The molecule has 0 unspecified atom stereocenters. The molecule has 2 saturated heterocycles. The van der Waals surface area contributed by atoms with Gasteiger partial charge in [-0.1, -0.05) is 12.1 Å². The Kier molecular flexibility index (Phi) is 7.80. The molecule has 3 heterocycles. The van der Waals surface area contributed by atoms with Gasteiger partial charge in [0.2, 0.25) is 5.95 Å². The van der Waals surface area contributed by atoms with Crippen molar-refractivity contribution in [3.8, 4) is 0 Å². The molecule has 1 aromatic heterocycles. The summed E-state index contributed by atoms with van der Waals surface area (Å²) in [5.41, 5.74) is 5.47. The highest BCUT2D eigenvalue weighted by Crippen LogP contribution is 2.25. The maximum atomic E-state index is 4.93. The summed E-state index contributed by atoms with van der Waals surface area (Å²) in [4.78, 5) is 16.8. The Morgan fingerprint density at radius 3 is 2.12 bits per heavy atom. The fraction of sp³-hybridized carbons (Fsp3) is 0.560. The van der Waals surface area contributed by atoms with Gasteiger partial charge in [-0.15, -0.1) is 0 Å². The van der Waals surface area contributed by atoms with Crippen LogP contribution in [0.1, 0.15) is 57.9 Å². The van der Waals surface area contributed by atoms with Crippen LogP contribution in [0.25, 0.3) is 0 Å². The third kappa shape index (κ3) is 5.69. The van der Waals surface area contributed by atoms with E-state index < -0.39 is 0 Å². The Morgan fingerprint density at radius 2 is 1.50 bits per heavy atom. The molecule has 1 aromatic carbocycles. The molecule has 7 heteroatoms. The lowest BCUT2D eigenvalue weighted by atomic mass is 10.1. The third-order valence-electron chi connectivity index (χ3n) is 6.43. The van der Waals surface area contributed by atoms with Crippen molar-refractivity contribution in [1.82, 2.24) is 9.97 Å². The highest BCUT2D eigenvalue weighted by molar-refractivity contribution is 5.81. The topological polar surface area (TPSA) is 59.9 Å². The predicted octanol–water partition coefficient (Wildman–Crippen LogP) is 4.75. The van der Waals surface area contributed by atoms with Crippen LogP contribution in [0.2, 0.25) is 0 Å². The second kappa shape index (κ2) is 11.2. The van der Waals surface area contributed by atoms with Gasteiger partial charge in [-0.2, -0.15) is 15.1 Å². The number of anilines is 4. The molecule has 7 nitrogen and oxygen atoms in total. The molecule has 0 radical (unpaired) electrons. The summed E-state index contributed by atoms with van der Waals surface area (Å²) < 4.78 is 0. The molecule has 2 aliphatic heterocycles. The van der Waals surface area contributed by atoms with Crippen LogP contribution in [0.3, 0.4) is 0 Å². The fourth-order valence-electron chi connectivity index (χ4n) is 4.53. The van der Waals surface area contributed by atoms with E-state index in [-0.39, 0.29) is 0 Å². The van der Waals surface area contributed by atoms with E-state index in [9.17, 15) is 0 Å². The van der Waals surface area contributed by atoms with Crippen LogP contribution < -0.4 is 20.1 Å². The van der Waals surface area contributed by atoms with Crippen LogP contribution >= 0.6 is 0 Å². The van der Waals surface area contributed by atoms with Crippen LogP contribution in [0.15, 0.2) is 35.4 Å². The average molecular weight is 436 g/mol. The van der Waals surface area contributed by atoms with Crippen molar-refractivity contribution in [2.75, 3.05) is 59.4 Å². The standard InChI is InChI=1S/C25H37N7/c1-3-30(4-2)22-13-11-21(12-14-22)20-26-29-23-19-24(31-15-7-5-8-16-31)28-25(27-23)32-17-9-6-10-18-32/h11-14,19-20H,3-10,15-18H2,1-2H3,(H,27,28,29)/b26-20+. The van der Waals surface area contributed by atoms with E-state index in [1.165, 1.54) is 44.2 Å². The summed E-state index contributed by atoms with van der Waals surface area (Å²) in [5, 5.41) is 4.48. The van der Waals surface area contributed by atoms with Crippen LogP contribution in [-0.4, -0.2) is 55.5 Å². The van der Waals surface area contributed by atoms with Gasteiger partial charge in [0.05, 0.1) is 6.21 Å². The van der Waals surface area contributed by atoms with Gasteiger partial charge in [0.1, 0.15) is 5.82 Å². The second-order valence-electron chi connectivity index (χ2n) is 8.64. The minimum atomic E-state index is 0.761. The highest BCUT2D eigenvalue weighted by Gasteiger charge is 2.19. The minimum absolute atomic E-state index is 0.761. The third-order valence-corrected chi connectivity index (χ3v) is 6.43. The SMILES string of the molecule is CCN(CC)c1ccc(/C=N/Nc2cc(N3CCCCC3)nc(N3CCCCC3)n2)cc1. The first-order valence-corrected chi connectivity index (χ1v) is 12.3. The quantitative estimate of drug-likeness (QED) is 0.477. The molecule has 32 heavy (non-hydrogen) atoms. The van der Waals surface area contributed by atoms with E-state index in [0.717, 1.165) is 62.4 Å². The van der Waals surface area contributed by atoms with Gasteiger partial charge in [0.15, 0.2) is 5.82 Å². The van der Waals surface area contributed by atoms with Gasteiger partial charge in [-0.3, -0.25) is 5.43 Å². The molecule has 4 rings (SSSR count). The lowest BCUT2D eigenvalue weighted by Gasteiger charge is -2.31.